The second-order valence-electron chi connectivity index (χ2n) is 7.18. The standard InChI is InChI=1S/C23H21F4NO4/c1-31-19-4-2-3-15(22(19)32-23(26)27)5-8-20(29)28-11-9-14(10-12-28)21(30)17-13-16(24)6-7-18(17)25/h2-8,13-14,23H,9-12H2,1H3/b8-5+. The van der Waals surface area contributed by atoms with E-state index < -0.39 is 29.9 Å². The number of ether oxygens (including phenoxy) is 2. The Kier molecular flexibility index (Phi) is 7.50. The molecule has 32 heavy (non-hydrogen) atoms. The lowest BCUT2D eigenvalue weighted by Crippen LogP contribution is -2.39. The Morgan fingerprint density at radius 1 is 1.12 bits per heavy atom. The van der Waals surface area contributed by atoms with Crippen molar-refractivity contribution in [2.45, 2.75) is 19.5 Å². The minimum Gasteiger partial charge on any atom is -0.493 e. The van der Waals surface area contributed by atoms with Crippen LogP contribution in [0, 0.1) is 17.6 Å². The number of nitrogens with zero attached hydrogens (tertiary/aromatic N) is 1. The van der Waals surface area contributed by atoms with Gasteiger partial charge in [-0.05, 0) is 43.2 Å². The SMILES string of the molecule is COc1cccc(/C=C/C(=O)N2CCC(C(=O)c3cc(F)ccc3F)CC2)c1OC(F)F. The number of carbonyl (C=O) groups excluding carboxylic acids is 2. The molecule has 1 aliphatic heterocycles. The molecule has 0 unspecified atom stereocenters. The van der Waals surface area contributed by atoms with Crippen molar-refractivity contribution in [3.63, 3.8) is 0 Å². The first-order valence-corrected chi connectivity index (χ1v) is 9.88. The highest BCUT2D eigenvalue weighted by Gasteiger charge is 2.29. The molecule has 0 aromatic heterocycles. The van der Waals surface area contributed by atoms with Crippen molar-refractivity contribution < 1.29 is 36.6 Å². The van der Waals surface area contributed by atoms with E-state index in [4.69, 9.17) is 4.74 Å². The quantitative estimate of drug-likeness (QED) is 0.348. The Morgan fingerprint density at radius 2 is 1.84 bits per heavy atom. The minimum atomic E-state index is -3.06. The van der Waals surface area contributed by atoms with E-state index in [2.05, 4.69) is 4.74 Å². The van der Waals surface area contributed by atoms with Crippen molar-refractivity contribution >= 4 is 17.8 Å². The van der Waals surface area contributed by atoms with Crippen LogP contribution in [0.4, 0.5) is 17.6 Å². The monoisotopic (exact) mass is 451 g/mol. The average molecular weight is 451 g/mol. The number of rotatable bonds is 7. The van der Waals surface area contributed by atoms with Crippen LogP contribution in [-0.4, -0.2) is 43.4 Å². The molecular weight excluding hydrogens is 430 g/mol. The summed E-state index contributed by atoms with van der Waals surface area (Å²) < 4.78 is 62.3. The first-order chi connectivity index (χ1) is 15.3. The Morgan fingerprint density at radius 3 is 2.50 bits per heavy atom. The van der Waals surface area contributed by atoms with Gasteiger partial charge in [0.05, 0.1) is 12.7 Å². The molecule has 9 heteroatoms. The predicted molar refractivity (Wildman–Crippen MR) is 109 cm³/mol. The molecule has 1 saturated heterocycles. The van der Waals surface area contributed by atoms with E-state index in [0.29, 0.717) is 12.8 Å². The molecule has 0 radical (unpaired) electrons. The zero-order valence-electron chi connectivity index (χ0n) is 17.2. The van der Waals surface area contributed by atoms with Gasteiger partial charge in [-0.15, -0.1) is 0 Å². The lowest BCUT2D eigenvalue weighted by Gasteiger charge is -2.30. The second kappa shape index (κ2) is 10.3. The molecule has 0 spiro atoms. The summed E-state index contributed by atoms with van der Waals surface area (Å²) in [6, 6.07) is 7.27. The maximum atomic E-state index is 13.9. The van der Waals surface area contributed by atoms with E-state index in [0.717, 1.165) is 18.2 Å². The molecule has 3 rings (SSSR count). The zero-order valence-corrected chi connectivity index (χ0v) is 17.2. The fourth-order valence-corrected chi connectivity index (χ4v) is 3.57. The van der Waals surface area contributed by atoms with Crippen LogP contribution in [0.5, 0.6) is 11.5 Å². The number of piperidine rings is 1. The number of para-hydroxylation sites is 1. The van der Waals surface area contributed by atoms with Gasteiger partial charge in [0.2, 0.25) is 5.91 Å². The van der Waals surface area contributed by atoms with Gasteiger partial charge in [0, 0.05) is 30.6 Å². The zero-order chi connectivity index (χ0) is 23.3. The molecule has 2 aromatic rings. The Balaban J connectivity index is 1.64. The number of hydrogen-bond acceptors (Lipinski definition) is 4. The molecule has 170 valence electrons. The van der Waals surface area contributed by atoms with Crippen LogP contribution in [0.1, 0.15) is 28.8 Å². The first kappa shape index (κ1) is 23.3. The van der Waals surface area contributed by atoms with Crippen LogP contribution < -0.4 is 9.47 Å². The van der Waals surface area contributed by atoms with Crippen molar-refractivity contribution in [1.82, 2.24) is 4.90 Å². The van der Waals surface area contributed by atoms with E-state index in [1.54, 1.807) is 6.07 Å². The number of carbonyl (C=O) groups is 2. The number of benzene rings is 2. The van der Waals surface area contributed by atoms with E-state index in [1.165, 1.54) is 36.3 Å². The van der Waals surface area contributed by atoms with E-state index >= 15 is 0 Å². The van der Waals surface area contributed by atoms with Crippen molar-refractivity contribution in [2.24, 2.45) is 5.92 Å². The number of halogens is 4. The molecule has 1 fully saturated rings. The van der Waals surface area contributed by atoms with Crippen LogP contribution in [0.15, 0.2) is 42.5 Å². The minimum absolute atomic E-state index is 0.101. The number of methoxy groups -OCH3 is 1. The smallest absolute Gasteiger partial charge is 0.387 e. The normalized spacial score (nSPS) is 14.8. The van der Waals surface area contributed by atoms with Crippen LogP contribution in [0.25, 0.3) is 6.08 Å². The Labute approximate surface area is 182 Å². The van der Waals surface area contributed by atoms with Gasteiger partial charge in [0.25, 0.3) is 0 Å². The third kappa shape index (κ3) is 5.46. The molecule has 5 nitrogen and oxygen atoms in total. The summed E-state index contributed by atoms with van der Waals surface area (Å²) in [6.45, 7) is -2.57. The second-order valence-corrected chi connectivity index (χ2v) is 7.18. The maximum Gasteiger partial charge on any atom is 0.387 e. The number of hydrogen-bond donors (Lipinski definition) is 0. The number of alkyl halides is 2. The summed E-state index contributed by atoms with van der Waals surface area (Å²) in [5.41, 5.74) is -0.0519. The van der Waals surface area contributed by atoms with Gasteiger partial charge in [-0.3, -0.25) is 9.59 Å². The number of amides is 1. The fraction of sp³-hybridized carbons (Fsp3) is 0.304. The van der Waals surface area contributed by atoms with Gasteiger partial charge in [-0.1, -0.05) is 12.1 Å². The topological polar surface area (TPSA) is 55.8 Å². The summed E-state index contributed by atoms with van der Waals surface area (Å²) in [7, 11) is 1.31. The van der Waals surface area contributed by atoms with E-state index in [9.17, 15) is 27.2 Å². The van der Waals surface area contributed by atoms with Gasteiger partial charge in [-0.2, -0.15) is 8.78 Å². The van der Waals surface area contributed by atoms with Gasteiger partial charge in [0.15, 0.2) is 17.3 Å². The fourth-order valence-electron chi connectivity index (χ4n) is 3.57. The first-order valence-electron chi connectivity index (χ1n) is 9.88. The molecule has 0 aliphatic carbocycles. The van der Waals surface area contributed by atoms with Crippen molar-refractivity contribution in [3.8, 4) is 11.5 Å². The van der Waals surface area contributed by atoms with Gasteiger partial charge in [0.1, 0.15) is 11.6 Å². The molecular formula is C23H21F4NO4. The van der Waals surface area contributed by atoms with Crippen LogP contribution in [0.3, 0.4) is 0 Å². The summed E-state index contributed by atoms with van der Waals surface area (Å²) in [6.07, 6.45) is 3.17. The maximum absolute atomic E-state index is 13.9. The van der Waals surface area contributed by atoms with Crippen LogP contribution in [-0.2, 0) is 4.79 Å². The van der Waals surface area contributed by atoms with E-state index in [1.807, 2.05) is 0 Å². The molecule has 0 saturated carbocycles. The summed E-state index contributed by atoms with van der Waals surface area (Å²) in [5.74, 6) is -2.95. The molecule has 1 amide bonds. The molecule has 0 atom stereocenters. The number of Topliss-reactive ketones (excluding diaryl/α,β-unsaturated/α-hetero) is 1. The highest BCUT2D eigenvalue weighted by molar-refractivity contribution is 5.98. The highest BCUT2D eigenvalue weighted by atomic mass is 19.3. The van der Waals surface area contributed by atoms with Crippen molar-refractivity contribution in [1.29, 1.82) is 0 Å². The third-order valence-corrected chi connectivity index (χ3v) is 5.21. The molecule has 0 N–H and O–H groups in total. The number of likely N-dealkylation sites (tertiary alicyclic amines) is 1. The Bertz CT molecular complexity index is 1020. The number of ketones is 1. The predicted octanol–water partition coefficient (Wildman–Crippen LogP) is 4.71. The van der Waals surface area contributed by atoms with E-state index in [-0.39, 0.29) is 41.6 Å². The molecule has 1 aliphatic rings. The van der Waals surface area contributed by atoms with Crippen molar-refractivity contribution in [2.75, 3.05) is 20.2 Å². The summed E-state index contributed by atoms with van der Waals surface area (Å²) >= 11 is 0. The molecule has 2 aromatic carbocycles. The molecule has 0 bridgehead atoms. The lowest BCUT2D eigenvalue weighted by atomic mass is 9.88. The largest absolute Gasteiger partial charge is 0.493 e. The Hall–Kier alpha value is -3.36. The highest BCUT2D eigenvalue weighted by Crippen LogP contribution is 2.33. The summed E-state index contributed by atoms with van der Waals surface area (Å²) in [5, 5.41) is 0. The lowest BCUT2D eigenvalue weighted by molar-refractivity contribution is -0.127. The molecule has 1 heterocycles. The average Bonchev–Trinajstić information content (AvgIpc) is 2.79. The van der Waals surface area contributed by atoms with Crippen LogP contribution in [0.2, 0.25) is 0 Å². The van der Waals surface area contributed by atoms with Gasteiger partial charge < -0.3 is 14.4 Å². The van der Waals surface area contributed by atoms with Gasteiger partial charge >= 0.3 is 6.61 Å². The third-order valence-electron chi connectivity index (χ3n) is 5.21. The van der Waals surface area contributed by atoms with Crippen molar-refractivity contribution in [3.05, 3.63) is 65.2 Å². The van der Waals surface area contributed by atoms with Crippen LogP contribution >= 0.6 is 0 Å². The summed E-state index contributed by atoms with van der Waals surface area (Å²) in [4.78, 5) is 26.6. The van der Waals surface area contributed by atoms with Gasteiger partial charge in [-0.25, -0.2) is 8.78 Å².